The van der Waals surface area contributed by atoms with Crippen molar-refractivity contribution in [3.63, 3.8) is 0 Å². The molecule has 0 aliphatic carbocycles. The summed E-state index contributed by atoms with van der Waals surface area (Å²) in [6, 6.07) is 14.2. The van der Waals surface area contributed by atoms with Gasteiger partial charge in [-0.1, -0.05) is 41.6 Å². The van der Waals surface area contributed by atoms with Gasteiger partial charge in [0, 0.05) is 12.1 Å². The van der Waals surface area contributed by atoms with E-state index in [2.05, 4.69) is 39.7 Å². The topological polar surface area (TPSA) is 71.2 Å². The minimum Gasteiger partial charge on any atom is -0.392 e. The van der Waals surface area contributed by atoms with Crippen LogP contribution in [0, 0.1) is 0 Å². The van der Waals surface area contributed by atoms with Crippen molar-refractivity contribution in [3.8, 4) is 11.4 Å². The first kappa shape index (κ1) is 12.5. The fourth-order valence-electron chi connectivity index (χ4n) is 2.73. The molecule has 3 aromatic rings. The van der Waals surface area contributed by atoms with E-state index in [-0.39, 0.29) is 12.1 Å². The van der Waals surface area contributed by atoms with Crippen molar-refractivity contribution >= 4 is 10.8 Å². The number of rotatable bonds is 2. The van der Waals surface area contributed by atoms with E-state index in [4.69, 9.17) is 4.52 Å². The van der Waals surface area contributed by atoms with E-state index >= 15 is 0 Å². The van der Waals surface area contributed by atoms with Crippen molar-refractivity contribution in [1.82, 2.24) is 15.5 Å². The maximum absolute atomic E-state index is 9.55. The lowest BCUT2D eigenvalue weighted by Gasteiger charge is -2.02. The Kier molecular flexibility index (Phi) is 2.94. The van der Waals surface area contributed by atoms with Crippen molar-refractivity contribution < 1.29 is 9.63 Å². The second kappa shape index (κ2) is 4.95. The quantitative estimate of drug-likeness (QED) is 0.754. The number of aliphatic hydroxyl groups excluding tert-OH is 1. The molecule has 1 aliphatic heterocycles. The standard InChI is InChI=1S/C16H15N3O2/c20-13-8-14(17-9-13)16-18-15(19-21-16)12-6-5-10-3-1-2-4-11(10)7-12/h1-7,13-14,17,20H,8-9H2/t13-,14-/m0/s1. The second-order valence-corrected chi connectivity index (χ2v) is 5.37. The van der Waals surface area contributed by atoms with Gasteiger partial charge in [0.25, 0.3) is 0 Å². The summed E-state index contributed by atoms with van der Waals surface area (Å²) < 4.78 is 5.33. The first-order valence-electron chi connectivity index (χ1n) is 7.04. The summed E-state index contributed by atoms with van der Waals surface area (Å²) in [7, 11) is 0. The number of aliphatic hydroxyl groups is 1. The number of nitrogens with zero attached hydrogens (tertiary/aromatic N) is 2. The van der Waals surface area contributed by atoms with Gasteiger partial charge in [0.15, 0.2) is 0 Å². The molecule has 4 rings (SSSR count). The van der Waals surface area contributed by atoms with Crippen molar-refractivity contribution in [2.24, 2.45) is 0 Å². The van der Waals surface area contributed by atoms with Gasteiger partial charge in [0.2, 0.25) is 11.7 Å². The van der Waals surface area contributed by atoms with Crippen LogP contribution >= 0.6 is 0 Å². The van der Waals surface area contributed by atoms with Crippen LogP contribution in [-0.4, -0.2) is 27.9 Å². The van der Waals surface area contributed by atoms with Gasteiger partial charge in [0.1, 0.15) is 0 Å². The van der Waals surface area contributed by atoms with Crippen LogP contribution in [0.15, 0.2) is 47.0 Å². The highest BCUT2D eigenvalue weighted by atomic mass is 16.5. The van der Waals surface area contributed by atoms with Gasteiger partial charge in [0.05, 0.1) is 12.1 Å². The lowest BCUT2D eigenvalue weighted by Crippen LogP contribution is -2.15. The first-order valence-corrected chi connectivity index (χ1v) is 7.04. The molecule has 1 fully saturated rings. The Bertz CT molecular complexity index is 784. The van der Waals surface area contributed by atoms with Gasteiger partial charge in [-0.2, -0.15) is 4.98 Å². The van der Waals surface area contributed by atoms with Crippen LogP contribution in [0.1, 0.15) is 18.4 Å². The average molecular weight is 281 g/mol. The first-order chi connectivity index (χ1) is 10.3. The van der Waals surface area contributed by atoms with E-state index in [0.29, 0.717) is 24.7 Å². The Labute approximate surface area is 121 Å². The van der Waals surface area contributed by atoms with E-state index in [1.165, 1.54) is 5.39 Å². The van der Waals surface area contributed by atoms with Crippen molar-refractivity contribution in [2.75, 3.05) is 6.54 Å². The van der Waals surface area contributed by atoms with Crippen LogP contribution in [0.2, 0.25) is 0 Å². The number of hydrogen-bond donors (Lipinski definition) is 2. The van der Waals surface area contributed by atoms with E-state index in [1.807, 2.05) is 18.2 Å². The third-order valence-electron chi connectivity index (χ3n) is 3.86. The van der Waals surface area contributed by atoms with Crippen LogP contribution in [0.4, 0.5) is 0 Å². The fraction of sp³-hybridized carbons (Fsp3) is 0.250. The molecule has 1 saturated heterocycles. The summed E-state index contributed by atoms with van der Waals surface area (Å²) >= 11 is 0. The van der Waals surface area contributed by atoms with E-state index in [0.717, 1.165) is 10.9 Å². The van der Waals surface area contributed by atoms with Crippen LogP contribution in [0.25, 0.3) is 22.2 Å². The number of nitrogens with one attached hydrogen (secondary N) is 1. The van der Waals surface area contributed by atoms with Crippen LogP contribution in [0.5, 0.6) is 0 Å². The highest BCUT2D eigenvalue weighted by Crippen LogP contribution is 2.26. The van der Waals surface area contributed by atoms with Crippen LogP contribution in [-0.2, 0) is 0 Å². The third kappa shape index (κ3) is 2.30. The normalized spacial score (nSPS) is 22.0. The molecular weight excluding hydrogens is 266 g/mol. The lowest BCUT2D eigenvalue weighted by atomic mass is 10.1. The molecule has 0 saturated carbocycles. The number of fused-ring (bicyclic) bond motifs is 1. The Morgan fingerprint density at radius 1 is 1.14 bits per heavy atom. The number of β-amino-alcohol motifs (C(OH)–C–C–N with tert-alkyl or cyclic N) is 1. The van der Waals surface area contributed by atoms with Crippen molar-refractivity contribution in [3.05, 3.63) is 48.4 Å². The molecule has 0 radical (unpaired) electrons. The number of aromatic nitrogens is 2. The van der Waals surface area contributed by atoms with Gasteiger partial charge in [-0.3, -0.25) is 0 Å². The largest absolute Gasteiger partial charge is 0.392 e. The van der Waals surface area contributed by atoms with Crippen LogP contribution in [0.3, 0.4) is 0 Å². The Morgan fingerprint density at radius 2 is 2.00 bits per heavy atom. The molecule has 1 aliphatic rings. The smallest absolute Gasteiger partial charge is 0.244 e. The molecule has 0 spiro atoms. The van der Waals surface area contributed by atoms with Crippen LogP contribution < -0.4 is 5.32 Å². The highest BCUT2D eigenvalue weighted by Gasteiger charge is 2.28. The molecule has 5 nitrogen and oxygen atoms in total. The van der Waals surface area contributed by atoms with Crippen molar-refractivity contribution in [2.45, 2.75) is 18.6 Å². The predicted octanol–water partition coefficient (Wildman–Crippen LogP) is 2.29. The molecule has 106 valence electrons. The fourth-order valence-corrected chi connectivity index (χ4v) is 2.73. The molecule has 2 atom stereocenters. The van der Waals surface area contributed by atoms with Gasteiger partial charge in [-0.15, -0.1) is 0 Å². The summed E-state index contributed by atoms with van der Waals surface area (Å²) in [4.78, 5) is 4.45. The Hall–Kier alpha value is -2.24. The Morgan fingerprint density at radius 3 is 2.81 bits per heavy atom. The van der Waals surface area contributed by atoms with Gasteiger partial charge in [-0.25, -0.2) is 0 Å². The summed E-state index contributed by atoms with van der Waals surface area (Å²) in [5.41, 5.74) is 0.933. The molecule has 21 heavy (non-hydrogen) atoms. The average Bonchev–Trinajstić information content (AvgIpc) is 3.15. The molecule has 0 unspecified atom stereocenters. The molecular formula is C16H15N3O2. The molecule has 1 aromatic heterocycles. The van der Waals surface area contributed by atoms with Gasteiger partial charge in [-0.05, 0) is 23.3 Å². The van der Waals surface area contributed by atoms with Gasteiger partial charge < -0.3 is 14.9 Å². The van der Waals surface area contributed by atoms with E-state index in [1.54, 1.807) is 0 Å². The molecule has 2 heterocycles. The SMILES string of the molecule is O[C@@H]1CN[C@H](c2nc(-c3ccc4ccccc4c3)no2)C1. The molecule has 2 aromatic carbocycles. The summed E-state index contributed by atoms with van der Waals surface area (Å²) in [5.74, 6) is 1.12. The molecule has 0 bridgehead atoms. The van der Waals surface area contributed by atoms with E-state index < -0.39 is 0 Å². The maximum atomic E-state index is 9.55. The molecule has 0 amide bonds. The summed E-state index contributed by atoms with van der Waals surface area (Å²) in [5, 5.41) is 19.1. The minimum atomic E-state index is -0.342. The maximum Gasteiger partial charge on any atom is 0.244 e. The Balaban J connectivity index is 1.67. The zero-order chi connectivity index (χ0) is 14.2. The second-order valence-electron chi connectivity index (χ2n) is 5.37. The third-order valence-corrected chi connectivity index (χ3v) is 3.86. The van der Waals surface area contributed by atoms with Crippen molar-refractivity contribution in [1.29, 1.82) is 0 Å². The monoisotopic (exact) mass is 281 g/mol. The summed E-state index contributed by atoms with van der Waals surface area (Å²) in [6.45, 7) is 0.568. The lowest BCUT2D eigenvalue weighted by molar-refractivity contribution is 0.191. The highest BCUT2D eigenvalue weighted by molar-refractivity contribution is 5.86. The molecule has 5 heteroatoms. The predicted molar refractivity (Wildman–Crippen MR) is 78.6 cm³/mol. The number of hydrogen-bond acceptors (Lipinski definition) is 5. The van der Waals surface area contributed by atoms with E-state index in [9.17, 15) is 5.11 Å². The molecule has 2 N–H and O–H groups in total. The summed E-state index contributed by atoms with van der Waals surface area (Å²) in [6.07, 6.45) is 0.269. The minimum absolute atomic E-state index is 0.0540. The zero-order valence-electron chi connectivity index (χ0n) is 11.4. The number of benzene rings is 2. The zero-order valence-corrected chi connectivity index (χ0v) is 11.4. The van der Waals surface area contributed by atoms with Gasteiger partial charge >= 0.3 is 0 Å².